The number of nitrogens with zero attached hydrogens (tertiary/aromatic N) is 1. The number of primary amides is 1. The molecule has 28 heavy (non-hydrogen) atoms. The van der Waals surface area contributed by atoms with E-state index in [1.54, 1.807) is 12.1 Å². The van der Waals surface area contributed by atoms with Gasteiger partial charge in [0.15, 0.2) is 0 Å². The lowest BCUT2D eigenvalue weighted by atomic mass is 9.89. The number of halogens is 1. The molecule has 0 radical (unpaired) electrons. The van der Waals surface area contributed by atoms with E-state index in [9.17, 15) is 4.79 Å². The summed E-state index contributed by atoms with van der Waals surface area (Å²) in [5.41, 5.74) is 33.1. The lowest BCUT2D eigenvalue weighted by Crippen LogP contribution is -2.29. The average molecular weight is 399 g/mol. The van der Waals surface area contributed by atoms with E-state index in [4.69, 9.17) is 40.3 Å². The van der Waals surface area contributed by atoms with Crippen LogP contribution < -0.4 is 28.7 Å². The highest BCUT2D eigenvalue weighted by Crippen LogP contribution is 2.51. The van der Waals surface area contributed by atoms with Gasteiger partial charge in [0.1, 0.15) is 11.4 Å². The molecule has 0 aromatic heterocycles. The molecule has 0 spiro atoms. The zero-order valence-electron chi connectivity index (χ0n) is 15.6. The molecule has 0 aliphatic heterocycles. The Bertz CT molecular complexity index is 1010. The van der Waals surface area contributed by atoms with Crippen LogP contribution in [0.3, 0.4) is 0 Å². The van der Waals surface area contributed by atoms with Crippen LogP contribution in [-0.2, 0) is 4.79 Å². The second kappa shape index (κ2) is 7.49. The Labute approximate surface area is 168 Å². The van der Waals surface area contributed by atoms with Crippen molar-refractivity contribution < 1.29 is 4.79 Å². The summed E-state index contributed by atoms with van der Waals surface area (Å²) in [6, 6.07) is 3.48. The highest BCUT2D eigenvalue weighted by Gasteiger charge is 2.39. The molecular formula is C20H23ClN6O. The predicted octanol–water partition coefficient (Wildman–Crippen LogP) is 1.06. The van der Waals surface area contributed by atoms with Gasteiger partial charge < -0.3 is 28.7 Å². The minimum Gasteiger partial charge on any atom is -0.402 e. The SMILES string of the molecule is CN=C(N)/C(C(N)=O)=C(\N)C#Cc1cc(N)c(C2=C(N)C3CCC2C3)cc1Cl. The number of carbonyl (C=O) groups excluding carboxylic acids is 1. The van der Waals surface area contributed by atoms with Gasteiger partial charge in [0.25, 0.3) is 5.91 Å². The van der Waals surface area contributed by atoms with Gasteiger partial charge in [-0.3, -0.25) is 9.79 Å². The third kappa shape index (κ3) is 3.39. The minimum absolute atomic E-state index is 0.0843. The van der Waals surface area contributed by atoms with Crippen LogP contribution in [0, 0.1) is 23.7 Å². The molecule has 146 valence electrons. The van der Waals surface area contributed by atoms with Crippen LogP contribution in [0.25, 0.3) is 5.57 Å². The first-order valence-electron chi connectivity index (χ1n) is 8.87. The maximum atomic E-state index is 11.6. The molecule has 8 heteroatoms. The van der Waals surface area contributed by atoms with E-state index in [-0.39, 0.29) is 17.1 Å². The van der Waals surface area contributed by atoms with Crippen molar-refractivity contribution in [1.29, 1.82) is 0 Å². The zero-order chi connectivity index (χ0) is 20.6. The van der Waals surface area contributed by atoms with Crippen molar-refractivity contribution in [3.05, 3.63) is 45.2 Å². The van der Waals surface area contributed by atoms with E-state index in [2.05, 4.69) is 16.8 Å². The number of rotatable bonds is 3. The maximum absolute atomic E-state index is 11.6. The molecule has 2 unspecified atom stereocenters. The van der Waals surface area contributed by atoms with Crippen molar-refractivity contribution in [3.8, 4) is 11.8 Å². The molecule has 1 fully saturated rings. The third-order valence-corrected chi connectivity index (χ3v) is 5.68. The number of fused-ring (bicyclic) bond motifs is 2. The summed E-state index contributed by atoms with van der Waals surface area (Å²) in [6.45, 7) is 0. The van der Waals surface area contributed by atoms with Crippen molar-refractivity contribution >= 4 is 34.6 Å². The molecule has 0 saturated heterocycles. The van der Waals surface area contributed by atoms with Crippen LogP contribution >= 0.6 is 11.6 Å². The fourth-order valence-corrected chi connectivity index (χ4v) is 4.19. The number of amides is 1. The summed E-state index contributed by atoms with van der Waals surface area (Å²) < 4.78 is 0. The van der Waals surface area contributed by atoms with Crippen molar-refractivity contribution in [1.82, 2.24) is 0 Å². The van der Waals surface area contributed by atoms with E-state index in [1.165, 1.54) is 7.05 Å². The number of anilines is 1. The van der Waals surface area contributed by atoms with Crippen molar-refractivity contribution in [2.75, 3.05) is 12.8 Å². The lowest BCUT2D eigenvalue weighted by Gasteiger charge is -2.19. The van der Waals surface area contributed by atoms with Gasteiger partial charge in [0.05, 0.1) is 10.7 Å². The molecule has 2 aliphatic carbocycles. The van der Waals surface area contributed by atoms with Gasteiger partial charge in [-0.1, -0.05) is 17.5 Å². The Hall–Kier alpha value is -3.11. The number of benzene rings is 1. The highest BCUT2D eigenvalue weighted by molar-refractivity contribution is 6.32. The summed E-state index contributed by atoms with van der Waals surface area (Å²) in [7, 11) is 1.42. The summed E-state index contributed by atoms with van der Waals surface area (Å²) in [6.07, 6.45) is 3.34. The van der Waals surface area contributed by atoms with Gasteiger partial charge >= 0.3 is 0 Å². The van der Waals surface area contributed by atoms with Crippen LogP contribution in [0.5, 0.6) is 0 Å². The fourth-order valence-electron chi connectivity index (χ4n) is 3.98. The van der Waals surface area contributed by atoms with E-state index in [1.807, 2.05) is 0 Å². The van der Waals surface area contributed by atoms with Crippen LogP contribution in [0.15, 0.2) is 34.1 Å². The number of aliphatic imine (C=N–C) groups is 1. The normalized spacial score (nSPS) is 22.0. The quantitative estimate of drug-likeness (QED) is 0.169. The number of amidine groups is 1. The molecule has 1 aromatic carbocycles. The van der Waals surface area contributed by atoms with E-state index >= 15 is 0 Å². The minimum atomic E-state index is -0.811. The number of nitrogen functional groups attached to an aromatic ring is 1. The second-order valence-corrected chi connectivity index (χ2v) is 7.41. The average Bonchev–Trinajstić information content (AvgIpc) is 3.23. The van der Waals surface area contributed by atoms with Gasteiger partial charge in [-0.25, -0.2) is 0 Å². The van der Waals surface area contributed by atoms with Gasteiger partial charge in [-0.05, 0) is 54.7 Å². The Morgan fingerprint density at radius 1 is 1.18 bits per heavy atom. The van der Waals surface area contributed by atoms with Gasteiger partial charge in [-0.15, -0.1) is 0 Å². The van der Waals surface area contributed by atoms with Crippen molar-refractivity contribution in [3.63, 3.8) is 0 Å². The monoisotopic (exact) mass is 398 g/mol. The largest absolute Gasteiger partial charge is 0.402 e. The van der Waals surface area contributed by atoms with Gasteiger partial charge in [0.2, 0.25) is 0 Å². The molecule has 1 amide bonds. The Morgan fingerprint density at radius 2 is 1.86 bits per heavy atom. The van der Waals surface area contributed by atoms with Crippen molar-refractivity contribution in [2.45, 2.75) is 19.3 Å². The van der Waals surface area contributed by atoms with Crippen LogP contribution in [0.4, 0.5) is 5.69 Å². The van der Waals surface area contributed by atoms with Gasteiger partial charge in [0, 0.05) is 29.6 Å². The summed E-state index contributed by atoms with van der Waals surface area (Å²) in [5, 5.41) is 0.422. The first kappa shape index (κ1) is 19.6. The van der Waals surface area contributed by atoms with Crippen molar-refractivity contribution in [2.24, 2.45) is 39.8 Å². The molecule has 2 atom stereocenters. The second-order valence-electron chi connectivity index (χ2n) is 7.01. The topological polar surface area (TPSA) is 160 Å². The van der Waals surface area contributed by atoms with E-state index in [0.29, 0.717) is 28.1 Å². The van der Waals surface area contributed by atoms with Crippen LogP contribution in [0.2, 0.25) is 5.02 Å². The first-order chi connectivity index (χ1) is 13.2. The standard InChI is InChI=1S/C20H23ClN6O/c1-27-19(25)17(20(26)28)14(22)5-4-9-7-15(23)12(8-13(9)21)16-10-2-3-11(6-10)18(16)24/h7-8,10-11H,2-3,6,22-24H2,1H3,(H2,25,27)(H2,26,28)/b17-14+. The number of allylic oxidation sites excluding steroid dienone is 3. The number of hydrogen-bond acceptors (Lipinski definition) is 5. The fraction of sp³-hybridized carbons (Fsp3) is 0.300. The maximum Gasteiger partial charge on any atom is 0.255 e. The first-order valence-corrected chi connectivity index (χ1v) is 9.25. The van der Waals surface area contributed by atoms with Crippen LogP contribution in [0.1, 0.15) is 30.4 Å². The highest BCUT2D eigenvalue weighted by atomic mass is 35.5. The number of nitrogens with two attached hydrogens (primary N) is 5. The smallest absolute Gasteiger partial charge is 0.255 e. The zero-order valence-corrected chi connectivity index (χ0v) is 16.3. The Morgan fingerprint density at radius 3 is 2.43 bits per heavy atom. The molecule has 2 bridgehead atoms. The summed E-state index contributed by atoms with van der Waals surface area (Å²) >= 11 is 6.43. The molecule has 1 saturated carbocycles. The summed E-state index contributed by atoms with van der Waals surface area (Å²) in [4.78, 5) is 15.3. The molecule has 10 N–H and O–H groups in total. The predicted molar refractivity (Wildman–Crippen MR) is 113 cm³/mol. The molecule has 1 aromatic rings. The lowest BCUT2D eigenvalue weighted by molar-refractivity contribution is -0.114. The van der Waals surface area contributed by atoms with E-state index < -0.39 is 5.91 Å². The molecule has 3 rings (SSSR count). The Balaban J connectivity index is 2.00. The number of hydrogen-bond donors (Lipinski definition) is 5. The molecule has 2 aliphatic rings. The number of carbonyl (C=O) groups is 1. The van der Waals surface area contributed by atoms with E-state index in [0.717, 1.165) is 36.1 Å². The van der Waals surface area contributed by atoms with Gasteiger partial charge in [-0.2, -0.15) is 0 Å². The van der Waals surface area contributed by atoms with Crippen LogP contribution in [-0.4, -0.2) is 18.8 Å². The third-order valence-electron chi connectivity index (χ3n) is 5.37. The molecular weight excluding hydrogens is 376 g/mol. The molecule has 7 nitrogen and oxygen atoms in total. The molecule has 0 heterocycles. The summed E-state index contributed by atoms with van der Waals surface area (Å²) in [5.74, 6) is 5.47. The Kier molecular flexibility index (Phi) is 5.25.